The summed E-state index contributed by atoms with van der Waals surface area (Å²) in [5, 5.41) is 3.82. The lowest BCUT2D eigenvalue weighted by molar-refractivity contribution is 0.354. The molecule has 5 heteroatoms. The third-order valence-electron chi connectivity index (χ3n) is 5.18. The molecule has 0 bridgehead atoms. The van der Waals surface area contributed by atoms with Gasteiger partial charge in [0.2, 0.25) is 0 Å². The molecule has 0 aromatic heterocycles. The van der Waals surface area contributed by atoms with Crippen LogP contribution in [0.15, 0.2) is 12.1 Å². The van der Waals surface area contributed by atoms with Gasteiger partial charge in [0.25, 0.3) is 0 Å². The van der Waals surface area contributed by atoms with Crippen molar-refractivity contribution >= 4 is 11.4 Å². The minimum Gasteiger partial charge on any atom is -0.493 e. The van der Waals surface area contributed by atoms with E-state index in [1.807, 2.05) is 0 Å². The highest BCUT2D eigenvalue weighted by molar-refractivity contribution is 5.78. The van der Waals surface area contributed by atoms with Gasteiger partial charge in [0.05, 0.1) is 31.1 Å². The molecule has 3 N–H and O–H groups in total. The molecule has 1 spiro atoms. The summed E-state index contributed by atoms with van der Waals surface area (Å²) in [5.74, 6) is 1.58. The quantitative estimate of drug-likeness (QED) is 0.789. The number of anilines is 2. The van der Waals surface area contributed by atoms with Crippen molar-refractivity contribution in [2.24, 2.45) is 5.73 Å². The van der Waals surface area contributed by atoms with Gasteiger partial charge in [-0.05, 0) is 32.2 Å². The van der Waals surface area contributed by atoms with Gasteiger partial charge in [-0.1, -0.05) is 12.8 Å². The zero-order valence-corrected chi connectivity index (χ0v) is 14.4. The predicted octanol–water partition coefficient (Wildman–Crippen LogP) is 2.99. The summed E-state index contributed by atoms with van der Waals surface area (Å²) in [7, 11) is 3.38. The van der Waals surface area contributed by atoms with Crippen LogP contribution in [0.5, 0.6) is 11.5 Å². The van der Waals surface area contributed by atoms with E-state index in [0.717, 1.165) is 44.0 Å². The SMILES string of the molecule is COc1cc2c(cc1OC)N(CCCCN)CC1(CCCC1)N2. The van der Waals surface area contributed by atoms with Crippen molar-refractivity contribution in [3.05, 3.63) is 12.1 Å². The highest BCUT2D eigenvalue weighted by atomic mass is 16.5. The molecule has 1 aromatic carbocycles. The average Bonchev–Trinajstić information content (AvgIpc) is 3.01. The molecule has 0 radical (unpaired) electrons. The van der Waals surface area contributed by atoms with Gasteiger partial charge in [-0.15, -0.1) is 0 Å². The average molecular weight is 319 g/mol. The highest BCUT2D eigenvalue weighted by Crippen LogP contribution is 2.46. The fraction of sp³-hybridized carbons (Fsp3) is 0.667. The molecule has 1 saturated carbocycles. The van der Waals surface area contributed by atoms with E-state index in [9.17, 15) is 0 Å². The summed E-state index contributed by atoms with van der Waals surface area (Å²) >= 11 is 0. The van der Waals surface area contributed by atoms with Crippen LogP contribution in [-0.2, 0) is 0 Å². The molecular weight excluding hydrogens is 290 g/mol. The minimum atomic E-state index is 0.218. The molecule has 1 heterocycles. The number of methoxy groups -OCH3 is 2. The molecule has 3 rings (SSSR count). The Morgan fingerprint density at radius 3 is 2.48 bits per heavy atom. The van der Waals surface area contributed by atoms with Crippen molar-refractivity contribution in [1.29, 1.82) is 0 Å². The molecule has 0 atom stereocenters. The zero-order chi connectivity index (χ0) is 16.3. The van der Waals surface area contributed by atoms with Gasteiger partial charge < -0.3 is 25.4 Å². The third-order valence-corrected chi connectivity index (χ3v) is 5.18. The summed E-state index contributed by atoms with van der Waals surface area (Å²) in [5.41, 5.74) is 8.28. The number of nitrogens with two attached hydrogens (primary N) is 1. The molecule has 128 valence electrons. The molecule has 1 aromatic rings. The maximum Gasteiger partial charge on any atom is 0.162 e. The van der Waals surface area contributed by atoms with E-state index in [2.05, 4.69) is 22.3 Å². The first kappa shape index (κ1) is 16.2. The Morgan fingerprint density at radius 1 is 1.13 bits per heavy atom. The molecule has 5 nitrogen and oxygen atoms in total. The molecule has 1 fully saturated rings. The number of ether oxygens (including phenoxy) is 2. The Bertz CT molecular complexity index is 541. The smallest absolute Gasteiger partial charge is 0.162 e. The molecule has 2 aliphatic rings. The van der Waals surface area contributed by atoms with Crippen LogP contribution in [0.25, 0.3) is 0 Å². The number of rotatable bonds is 6. The van der Waals surface area contributed by atoms with Gasteiger partial charge in [0, 0.05) is 25.2 Å². The largest absolute Gasteiger partial charge is 0.493 e. The lowest BCUT2D eigenvalue weighted by Crippen LogP contribution is -2.51. The molecule has 0 unspecified atom stereocenters. The van der Waals surface area contributed by atoms with Crippen LogP contribution >= 0.6 is 0 Å². The second kappa shape index (κ2) is 6.87. The lowest BCUT2D eigenvalue weighted by Gasteiger charge is -2.44. The Kier molecular flexibility index (Phi) is 4.85. The van der Waals surface area contributed by atoms with E-state index in [4.69, 9.17) is 15.2 Å². The van der Waals surface area contributed by atoms with Gasteiger partial charge in [0.15, 0.2) is 11.5 Å². The Morgan fingerprint density at radius 2 is 1.83 bits per heavy atom. The first-order chi connectivity index (χ1) is 11.2. The van der Waals surface area contributed by atoms with Crippen molar-refractivity contribution in [3.63, 3.8) is 0 Å². The van der Waals surface area contributed by atoms with Crippen molar-refractivity contribution in [1.82, 2.24) is 0 Å². The number of fused-ring (bicyclic) bond motifs is 1. The third kappa shape index (κ3) is 3.20. The summed E-state index contributed by atoms with van der Waals surface area (Å²) < 4.78 is 11.0. The molecule has 0 saturated heterocycles. The Balaban J connectivity index is 1.93. The van der Waals surface area contributed by atoms with Gasteiger partial charge in [-0.25, -0.2) is 0 Å². The monoisotopic (exact) mass is 319 g/mol. The maximum absolute atomic E-state index is 5.67. The van der Waals surface area contributed by atoms with E-state index in [0.29, 0.717) is 0 Å². The van der Waals surface area contributed by atoms with E-state index in [-0.39, 0.29) is 5.54 Å². The van der Waals surface area contributed by atoms with Crippen LogP contribution in [0.1, 0.15) is 38.5 Å². The fourth-order valence-corrected chi connectivity index (χ4v) is 3.99. The van der Waals surface area contributed by atoms with Gasteiger partial charge >= 0.3 is 0 Å². The summed E-state index contributed by atoms with van der Waals surface area (Å²) in [6.07, 6.45) is 7.31. The van der Waals surface area contributed by atoms with Gasteiger partial charge in [0.1, 0.15) is 0 Å². The van der Waals surface area contributed by atoms with Crippen molar-refractivity contribution in [2.75, 3.05) is 44.1 Å². The zero-order valence-electron chi connectivity index (χ0n) is 14.4. The first-order valence-electron chi connectivity index (χ1n) is 8.70. The number of benzene rings is 1. The Labute approximate surface area is 139 Å². The maximum atomic E-state index is 5.67. The summed E-state index contributed by atoms with van der Waals surface area (Å²) in [6.45, 7) is 2.87. The normalized spacial score (nSPS) is 18.7. The van der Waals surface area contributed by atoms with E-state index >= 15 is 0 Å². The minimum absolute atomic E-state index is 0.218. The second-order valence-corrected chi connectivity index (χ2v) is 6.75. The molecule has 1 aliphatic carbocycles. The summed E-state index contributed by atoms with van der Waals surface area (Å²) in [4.78, 5) is 2.51. The molecular formula is C18H29N3O2. The number of hydrogen-bond acceptors (Lipinski definition) is 5. The topological polar surface area (TPSA) is 59.8 Å². The predicted molar refractivity (Wildman–Crippen MR) is 94.9 cm³/mol. The number of hydrogen-bond donors (Lipinski definition) is 2. The Hall–Kier alpha value is -1.62. The van der Waals surface area contributed by atoms with E-state index in [1.54, 1.807) is 14.2 Å². The van der Waals surface area contributed by atoms with Gasteiger partial charge in [-0.3, -0.25) is 0 Å². The summed E-state index contributed by atoms with van der Waals surface area (Å²) in [6, 6.07) is 4.19. The van der Waals surface area contributed by atoms with Gasteiger partial charge in [-0.2, -0.15) is 0 Å². The van der Waals surface area contributed by atoms with Crippen LogP contribution < -0.4 is 25.4 Å². The number of nitrogens with zero attached hydrogens (tertiary/aromatic N) is 1. The van der Waals surface area contributed by atoms with E-state index < -0.39 is 0 Å². The van der Waals surface area contributed by atoms with E-state index in [1.165, 1.54) is 37.1 Å². The van der Waals surface area contributed by atoms with Crippen LogP contribution in [-0.4, -0.2) is 39.4 Å². The van der Waals surface area contributed by atoms with Crippen molar-refractivity contribution in [2.45, 2.75) is 44.1 Å². The molecule has 0 amide bonds. The lowest BCUT2D eigenvalue weighted by atomic mass is 9.92. The van der Waals surface area contributed by atoms with Crippen LogP contribution in [0.2, 0.25) is 0 Å². The number of nitrogens with one attached hydrogen (secondary N) is 1. The number of unbranched alkanes of at least 4 members (excludes halogenated alkanes) is 1. The molecule has 1 aliphatic heterocycles. The van der Waals surface area contributed by atoms with Crippen LogP contribution in [0, 0.1) is 0 Å². The first-order valence-corrected chi connectivity index (χ1v) is 8.70. The van der Waals surface area contributed by atoms with Crippen LogP contribution in [0.3, 0.4) is 0 Å². The van der Waals surface area contributed by atoms with Crippen molar-refractivity contribution in [3.8, 4) is 11.5 Å². The fourth-order valence-electron chi connectivity index (χ4n) is 3.99. The van der Waals surface area contributed by atoms with Crippen LogP contribution in [0.4, 0.5) is 11.4 Å². The second-order valence-electron chi connectivity index (χ2n) is 6.75. The standard InChI is InChI=1S/C18H29N3O2/c1-22-16-11-14-15(12-17(16)23-2)21(10-6-5-9-19)13-18(20-14)7-3-4-8-18/h11-12,20H,3-10,13,19H2,1-2H3. The highest BCUT2D eigenvalue weighted by Gasteiger charge is 2.40. The van der Waals surface area contributed by atoms with Crippen molar-refractivity contribution < 1.29 is 9.47 Å². The molecule has 23 heavy (non-hydrogen) atoms.